The molecule has 1 N–H and O–H groups in total. The third kappa shape index (κ3) is 4.76. The van der Waals surface area contributed by atoms with Gasteiger partial charge in [-0.2, -0.15) is 13.9 Å². The van der Waals surface area contributed by atoms with Gasteiger partial charge in [-0.3, -0.25) is 9.48 Å². The Morgan fingerprint density at radius 3 is 2.61 bits per heavy atom. The number of nitrogens with one attached hydrogen (secondary N) is 1. The van der Waals surface area contributed by atoms with Crippen molar-refractivity contribution in [3.63, 3.8) is 0 Å². The number of aryl methyl sites for hydroxylation is 1. The summed E-state index contributed by atoms with van der Waals surface area (Å²) in [6.07, 6.45) is 7.89. The Morgan fingerprint density at radius 1 is 1.16 bits per heavy atom. The molecule has 1 amide bonds. The minimum atomic E-state index is -3.17. The monoisotopic (exact) mass is 544 g/mol. The van der Waals surface area contributed by atoms with Gasteiger partial charge in [0.25, 0.3) is 11.6 Å². The number of morpholine rings is 1. The summed E-state index contributed by atoms with van der Waals surface area (Å²) in [7, 11) is 1.49. The average molecular weight is 545 g/mol. The van der Waals surface area contributed by atoms with Crippen LogP contribution in [0.5, 0.6) is 0 Å². The molecule has 4 heterocycles. The number of alkyl halides is 2. The van der Waals surface area contributed by atoms with Gasteiger partial charge in [-0.05, 0) is 50.1 Å². The number of halogens is 3. The molecule has 1 fully saturated rings. The number of rotatable bonds is 6. The van der Waals surface area contributed by atoms with E-state index in [1.165, 1.54) is 41.5 Å². The highest BCUT2D eigenvalue weighted by Crippen LogP contribution is 2.40. The lowest BCUT2D eigenvalue weighted by Gasteiger charge is -2.31. The molecular formula is C26H28F3N6O2P. The maximum atomic E-state index is 15.0. The molecule has 3 aromatic heterocycles. The standard InChI is InChI=1S/C26H28F3N6O2P/c1-16-10-20(27)21(32-24(36)18-13-31-35(15-18)25(2,3)26(28,29)38)12-19(16)17-11-22(33-6-8-37-9-7-33)23-30-4-5-34(23)14-17/h4-5,10-15H,6-9,38H2,1-3H3,(H,32,36). The Kier molecular flexibility index (Phi) is 6.69. The molecule has 1 unspecified atom stereocenters. The normalized spacial score (nSPS) is 14.8. The lowest BCUT2D eigenvalue weighted by Crippen LogP contribution is -2.41. The second-order valence-electron chi connectivity index (χ2n) is 9.83. The summed E-state index contributed by atoms with van der Waals surface area (Å²) in [5.41, 5.74) is -0.880. The summed E-state index contributed by atoms with van der Waals surface area (Å²) in [6, 6.07) is 4.95. The van der Waals surface area contributed by atoms with E-state index in [-0.39, 0.29) is 11.3 Å². The van der Waals surface area contributed by atoms with Crippen LogP contribution in [0.25, 0.3) is 16.8 Å². The first kappa shape index (κ1) is 26.2. The molecule has 0 bridgehead atoms. The van der Waals surface area contributed by atoms with E-state index in [4.69, 9.17) is 4.74 Å². The molecule has 200 valence electrons. The predicted octanol–water partition coefficient (Wildman–Crippen LogP) is 4.94. The molecule has 0 saturated carbocycles. The number of imidazole rings is 1. The van der Waals surface area contributed by atoms with Gasteiger partial charge in [-0.15, -0.1) is 0 Å². The van der Waals surface area contributed by atoms with E-state index in [0.717, 1.165) is 40.2 Å². The van der Waals surface area contributed by atoms with Gasteiger partial charge in [-0.1, -0.05) is 9.24 Å². The smallest absolute Gasteiger partial charge is 0.282 e. The van der Waals surface area contributed by atoms with Gasteiger partial charge in [0.05, 0.1) is 36.3 Å². The maximum absolute atomic E-state index is 15.0. The number of hydrogen-bond donors (Lipinski definition) is 1. The first-order valence-corrected chi connectivity index (χ1v) is 12.7. The highest BCUT2D eigenvalue weighted by atomic mass is 31.0. The van der Waals surface area contributed by atoms with E-state index < -0.39 is 22.9 Å². The number of fused-ring (bicyclic) bond motifs is 1. The van der Waals surface area contributed by atoms with Crippen LogP contribution in [-0.4, -0.2) is 57.0 Å². The summed E-state index contributed by atoms with van der Waals surface area (Å²) in [5.74, 6) is -1.27. The zero-order valence-corrected chi connectivity index (χ0v) is 22.4. The molecule has 1 aliphatic heterocycles. The number of aromatic nitrogens is 4. The van der Waals surface area contributed by atoms with Crippen molar-refractivity contribution in [2.45, 2.75) is 32.0 Å². The molecule has 0 aliphatic carbocycles. The SMILES string of the molecule is Cc1cc(F)c(NC(=O)c2cnn(C(C)(C)C(F)(F)P)c2)cc1-c1cc(N2CCOCC2)c2nccn2c1. The molecule has 0 spiro atoms. The topological polar surface area (TPSA) is 76.7 Å². The minimum absolute atomic E-state index is 0.0300. The van der Waals surface area contributed by atoms with E-state index in [9.17, 15) is 18.0 Å². The van der Waals surface area contributed by atoms with Crippen molar-refractivity contribution in [1.29, 1.82) is 0 Å². The van der Waals surface area contributed by atoms with Gasteiger partial charge in [0.2, 0.25) is 0 Å². The number of nitrogens with zero attached hydrogens (tertiary/aromatic N) is 5. The number of ether oxygens (including phenoxy) is 1. The molecule has 5 rings (SSSR count). The number of amides is 1. The third-order valence-corrected chi connectivity index (χ3v) is 7.63. The average Bonchev–Trinajstić information content (AvgIpc) is 3.55. The number of carbonyl (C=O) groups is 1. The van der Waals surface area contributed by atoms with E-state index in [1.807, 2.05) is 22.9 Å². The van der Waals surface area contributed by atoms with Crippen LogP contribution in [0.3, 0.4) is 0 Å². The highest BCUT2D eigenvalue weighted by molar-refractivity contribution is 7.18. The largest absolute Gasteiger partial charge is 0.378 e. The fourth-order valence-corrected chi connectivity index (χ4v) is 4.50. The Bertz CT molecular complexity index is 1500. The molecule has 1 atom stereocenters. The Hall–Kier alpha value is -3.43. The van der Waals surface area contributed by atoms with Crippen molar-refractivity contribution in [2.24, 2.45) is 0 Å². The van der Waals surface area contributed by atoms with Crippen LogP contribution in [0.2, 0.25) is 0 Å². The van der Waals surface area contributed by atoms with E-state index in [1.54, 1.807) is 19.2 Å². The van der Waals surface area contributed by atoms with Crippen molar-refractivity contribution < 1.29 is 22.7 Å². The molecule has 0 radical (unpaired) electrons. The van der Waals surface area contributed by atoms with Gasteiger partial charge < -0.3 is 19.4 Å². The summed E-state index contributed by atoms with van der Waals surface area (Å²) < 4.78 is 51.4. The number of hydrogen-bond acceptors (Lipinski definition) is 5. The second kappa shape index (κ2) is 9.71. The molecular weight excluding hydrogens is 516 g/mol. The Balaban J connectivity index is 1.48. The molecule has 8 nitrogen and oxygen atoms in total. The molecule has 1 aliphatic rings. The molecule has 38 heavy (non-hydrogen) atoms. The van der Waals surface area contributed by atoms with Gasteiger partial charge in [-0.25, -0.2) is 9.37 Å². The third-order valence-electron chi connectivity index (χ3n) is 6.93. The number of carbonyl (C=O) groups excluding carboxylic acids is 1. The quantitative estimate of drug-likeness (QED) is 0.348. The Labute approximate surface area is 220 Å². The molecule has 12 heteroatoms. The van der Waals surface area contributed by atoms with Crippen molar-refractivity contribution in [3.8, 4) is 11.1 Å². The molecule has 1 saturated heterocycles. The van der Waals surface area contributed by atoms with Crippen molar-refractivity contribution in [2.75, 3.05) is 36.5 Å². The van der Waals surface area contributed by atoms with Crippen LogP contribution >= 0.6 is 9.24 Å². The van der Waals surface area contributed by atoms with Crippen molar-refractivity contribution in [1.82, 2.24) is 19.2 Å². The Morgan fingerprint density at radius 2 is 1.89 bits per heavy atom. The number of benzene rings is 1. The second-order valence-corrected chi connectivity index (χ2v) is 10.6. The highest BCUT2D eigenvalue weighted by Gasteiger charge is 2.44. The lowest BCUT2D eigenvalue weighted by molar-refractivity contribution is -0.0166. The first-order valence-electron chi connectivity index (χ1n) is 12.1. The van der Waals surface area contributed by atoms with E-state index in [2.05, 4.69) is 20.3 Å². The van der Waals surface area contributed by atoms with Gasteiger partial charge in [0.1, 0.15) is 11.4 Å². The van der Waals surface area contributed by atoms with Crippen LogP contribution in [0.1, 0.15) is 29.8 Å². The summed E-state index contributed by atoms with van der Waals surface area (Å²) in [4.78, 5) is 19.6. The lowest BCUT2D eigenvalue weighted by atomic mass is 10.00. The van der Waals surface area contributed by atoms with Crippen LogP contribution < -0.4 is 10.2 Å². The fourth-order valence-electron chi connectivity index (χ4n) is 4.37. The number of pyridine rings is 1. The molecule has 4 aromatic rings. The van der Waals surface area contributed by atoms with E-state index >= 15 is 0 Å². The van der Waals surface area contributed by atoms with Crippen LogP contribution in [0, 0.1) is 12.7 Å². The summed E-state index contributed by atoms with van der Waals surface area (Å²) >= 11 is 0. The van der Waals surface area contributed by atoms with Crippen molar-refractivity contribution >= 4 is 32.2 Å². The summed E-state index contributed by atoms with van der Waals surface area (Å²) in [6.45, 7) is 7.10. The van der Waals surface area contributed by atoms with Crippen molar-refractivity contribution in [3.05, 3.63) is 66.1 Å². The van der Waals surface area contributed by atoms with Gasteiger partial charge >= 0.3 is 0 Å². The first-order chi connectivity index (χ1) is 18.0. The van der Waals surface area contributed by atoms with Crippen LogP contribution in [0.4, 0.5) is 24.5 Å². The van der Waals surface area contributed by atoms with Gasteiger partial charge in [0, 0.05) is 43.4 Å². The predicted molar refractivity (Wildman–Crippen MR) is 143 cm³/mol. The van der Waals surface area contributed by atoms with E-state index in [0.29, 0.717) is 18.8 Å². The van der Waals surface area contributed by atoms with Crippen LogP contribution in [0.15, 0.2) is 49.2 Å². The minimum Gasteiger partial charge on any atom is -0.378 e. The summed E-state index contributed by atoms with van der Waals surface area (Å²) in [5, 5.41) is 6.51. The maximum Gasteiger partial charge on any atom is 0.282 e. The van der Waals surface area contributed by atoms with Crippen LogP contribution in [-0.2, 0) is 10.3 Å². The van der Waals surface area contributed by atoms with Gasteiger partial charge in [0.15, 0.2) is 5.65 Å². The fraction of sp³-hybridized carbons (Fsp3) is 0.346. The zero-order chi connectivity index (χ0) is 27.2. The molecule has 1 aromatic carbocycles. The number of anilines is 2. The zero-order valence-electron chi connectivity index (χ0n) is 21.2.